The maximum atomic E-state index is 13.2. The molecule has 31 heavy (non-hydrogen) atoms. The SMILES string of the molecule is CCOC(=O)c1c(CN2CCN(C(C)=O)CC2)nc2ccccc2c1-c1ccccc1. The molecule has 6 heteroatoms. The molecule has 160 valence electrons. The Morgan fingerprint density at radius 2 is 1.65 bits per heavy atom. The molecule has 1 saturated heterocycles. The number of hydrogen-bond acceptors (Lipinski definition) is 5. The van der Waals surface area contributed by atoms with E-state index in [4.69, 9.17) is 9.72 Å². The molecule has 0 spiro atoms. The number of piperazine rings is 1. The molecule has 1 aliphatic rings. The second-order valence-electron chi connectivity index (χ2n) is 7.69. The van der Waals surface area contributed by atoms with Crippen molar-refractivity contribution in [3.63, 3.8) is 0 Å². The van der Waals surface area contributed by atoms with Gasteiger partial charge in [0.1, 0.15) is 0 Å². The number of rotatable bonds is 5. The molecule has 1 amide bonds. The van der Waals surface area contributed by atoms with Crippen molar-refractivity contribution >= 4 is 22.8 Å². The lowest BCUT2D eigenvalue weighted by Gasteiger charge is -2.34. The third-order valence-electron chi connectivity index (χ3n) is 5.70. The number of hydrogen-bond donors (Lipinski definition) is 0. The van der Waals surface area contributed by atoms with Crippen LogP contribution in [0.5, 0.6) is 0 Å². The third-order valence-corrected chi connectivity index (χ3v) is 5.70. The van der Waals surface area contributed by atoms with Gasteiger partial charge in [0, 0.05) is 50.6 Å². The van der Waals surface area contributed by atoms with Crippen molar-refractivity contribution < 1.29 is 14.3 Å². The van der Waals surface area contributed by atoms with Gasteiger partial charge >= 0.3 is 5.97 Å². The molecule has 2 heterocycles. The highest BCUT2D eigenvalue weighted by molar-refractivity contribution is 6.07. The minimum absolute atomic E-state index is 0.0991. The summed E-state index contributed by atoms with van der Waals surface area (Å²) in [5, 5.41) is 0.932. The van der Waals surface area contributed by atoms with E-state index in [0.717, 1.165) is 35.1 Å². The molecular weight excluding hydrogens is 390 g/mol. The van der Waals surface area contributed by atoms with E-state index in [-0.39, 0.29) is 11.9 Å². The van der Waals surface area contributed by atoms with Crippen LogP contribution in [0.25, 0.3) is 22.0 Å². The number of pyridine rings is 1. The Morgan fingerprint density at radius 1 is 0.968 bits per heavy atom. The number of amides is 1. The van der Waals surface area contributed by atoms with E-state index >= 15 is 0 Å². The Bertz CT molecular complexity index is 1090. The van der Waals surface area contributed by atoms with E-state index in [2.05, 4.69) is 4.90 Å². The average molecular weight is 418 g/mol. The first-order chi connectivity index (χ1) is 15.1. The maximum absolute atomic E-state index is 13.2. The summed E-state index contributed by atoms with van der Waals surface area (Å²) in [6, 6.07) is 17.8. The second kappa shape index (κ2) is 9.27. The van der Waals surface area contributed by atoms with E-state index in [1.807, 2.05) is 66.4 Å². The second-order valence-corrected chi connectivity index (χ2v) is 7.69. The molecule has 4 rings (SSSR count). The first-order valence-corrected chi connectivity index (χ1v) is 10.7. The van der Waals surface area contributed by atoms with Crippen LogP contribution in [0.4, 0.5) is 0 Å². The lowest BCUT2D eigenvalue weighted by Crippen LogP contribution is -2.47. The van der Waals surface area contributed by atoms with Crippen molar-refractivity contribution in [2.75, 3.05) is 32.8 Å². The molecule has 1 aromatic heterocycles. The lowest BCUT2D eigenvalue weighted by atomic mass is 9.93. The highest BCUT2D eigenvalue weighted by Crippen LogP contribution is 2.34. The van der Waals surface area contributed by atoms with Crippen LogP contribution in [0.3, 0.4) is 0 Å². The van der Waals surface area contributed by atoms with Crippen molar-refractivity contribution in [1.29, 1.82) is 0 Å². The van der Waals surface area contributed by atoms with Crippen molar-refractivity contribution in [2.24, 2.45) is 0 Å². The first kappa shape index (κ1) is 21.0. The van der Waals surface area contributed by atoms with E-state index in [1.54, 1.807) is 6.92 Å². The summed E-state index contributed by atoms with van der Waals surface area (Å²) in [6.45, 7) is 7.11. The molecule has 0 unspecified atom stereocenters. The number of fused-ring (bicyclic) bond motifs is 1. The van der Waals surface area contributed by atoms with Crippen molar-refractivity contribution in [3.8, 4) is 11.1 Å². The van der Waals surface area contributed by atoms with Crippen LogP contribution < -0.4 is 0 Å². The van der Waals surface area contributed by atoms with E-state index < -0.39 is 0 Å². The molecule has 3 aromatic rings. The van der Waals surface area contributed by atoms with Crippen LogP contribution in [0, 0.1) is 0 Å². The van der Waals surface area contributed by atoms with Gasteiger partial charge in [-0.15, -0.1) is 0 Å². The van der Waals surface area contributed by atoms with Gasteiger partial charge in [0.05, 0.1) is 23.4 Å². The molecule has 0 aliphatic carbocycles. The normalized spacial score (nSPS) is 14.6. The fourth-order valence-electron chi connectivity index (χ4n) is 4.14. The standard InChI is InChI=1S/C25H27N3O3/c1-3-31-25(30)24-22(17-27-13-15-28(16-14-27)18(2)29)26-21-12-8-7-11-20(21)23(24)19-9-5-4-6-10-19/h4-12H,3,13-17H2,1-2H3. The summed E-state index contributed by atoms with van der Waals surface area (Å²) in [6.07, 6.45) is 0. The van der Waals surface area contributed by atoms with Crippen LogP contribution in [0.2, 0.25) is 0 Å². The number of nitrogens with zero attached hydrogens (tertiary/aromatic N) is 3. The van der Waals surface area contributed by atoms with Gasteiger partial charge in [-0.2, -0.15) is 0 Å². The van der Waals surface area contributed by atoms with Gasteiger partial charge in [0.15, 0.2) is 0 Å². The smallest absolute Gasteiger partial charge is 0.340 e. The number of carbonyl (C=O) groups excluding carboxylic acids is 2. The molecular formula is C25H27N3O3. The molecule has 2 aromatic carbocycles. The maximum Gasteiger partial charge on any atom is 0.340 e. The van der Waals surface area contributed by atoms with Gasteiger partial charge in [-0.25, -0.2) is 4.79 Å². The summed E-state index contributed by atoms with van der Waals surface area (Å²) in [4.78, 5) is 33.8. The Kier molecular flexibility index (Phi) is 6.28. The van der Waals surface area contributed by atoms with Gasteiger partial charge in [0.2, 0.25) is 5.91 Å². The molecule has 0 N–H and O–H groups in total. The Balaban J connectivity index is 1.82. The Morgan fingerprint density at radius 3 is 2.32 bits per heavy atom. The Labute approximate surface area is 182 Å². The lowest BCUT2D eigenvalue weighted by molar-refractivity contribution is -0.130. The van der Waals surface area contributed by atoms with Crippen LogP contribution in [-0.2, 0) is 16.1 Å². The molecule has 0 bridgehead atoms. The third kappa shape index (κ3) is 4.44. The number of carbonyl (C=O) groups is 2. The number of esters is 1. The van der Waals surface area contributed by atoms with E-state index in [0.29, 0.717) is 37.5 Å². The quantitative estimate of drug-likeness (QED) is 0.592. The molecule has 0 saturated carbocycles. The highest BCUT2D eigenvalue weighted by Gasteiger charge is 2.26. The zero-order valence-corrected chi connectivity index (χ0v) is 18.0. The van der Waals surface area contributed by atoms with Crippen molar-refractivity contribution in [2.45, 2.75) is 20.4 Å². The predicted octanol–water partition coefficient (Wildman–Crippen LogP) is 3.74. The molecule has 6 nitrogen and oxygen atoms in total. The van der Waals surface area contributed by atoms with Gasteiger partial charge in [-0.05, 0) is 18.6 Å². The largest absolute Gasteiger partial charge is 0.462 e. The molecule has 0 atom stereocenters. The fourth-order valence-corrected chi connectivity index (χ4v) is 4.14. The summed E-state index contributed by atoms with van der Waals surface area (Å²) in [5.41, 5.74) is 3.92. The van der Waals surface area contributed by atoms with Gasteiger partial charge < -0.3 is 9.64 Å². The van der Waals surface area contributed by atoms with Crippen molar-refractivity contribution in [3.05, 3.63) is 65.9 Å². The first-order valence-electron chi connectivity index (χ1n) is 10.7. The number of aromatic nitrogens is 1. The average Bonchev–Trinajstić information content (AvgIpc) is 2.79. The van der Waals surface area contributed by atoms with Gasteiger partial charge in [-0.1, -0.05) is 48.5 Å². The predicted molar refractivity (Wildman–Crippen MR) is 121 cm³/mol. The fraction of sp³-hybridized carbons (Fsp3) is 0.320. The monoisotopic (exact) mass is 417 g/mol. The van der Waals surface area contributed by atoms with Crippen molar-refractivity contribution in [1.82, 2.24) is 14.8 Å². The van der Waals surface area contributed by atoms with E-state index in [1.165, 1.54) is 0 Å². The highest BCUT2D eigenvalue weighted by atomic mass is 16.5. The van der Waals surface area contributed by atoms with Gasteiger partial charge in [0.25, 0.3) is 0 Å². The number of benzene rings is 2. The van der Waals surface area contributed by atoms with Crippen LogP contribution >= 0.6 is 0 Å². The zero-order valence-electron chi connectivity index (χ0n) is 18.0. The minimum atomic E-state index is -0.350. The Hall–Kier alpha value is -3.25. The van der Waals surface area contributed by atoms with E-state index in [9.17, 15) is 9.59 Å². The summed E-state index contributed by atoms with van der Waals surface area (Å²) in [7, 11) is 0. The van der Waals surface area contributed by atoms with Crippen LogP contribution in [0.1, 0.15) is 29.9 Å². The molecule has 0 radical (unpaired) electrons. The summed E-state index contributed by atoms with van der Waals surface area (Å²) in [5.74, 6) is -0.251. The van der Waals surface area contributed by atoms with Crippen LogP contribution in [-0.4, -0.2) is 59.4 Å². The minimum Gasteiger partial charge on any atom is -0.462 e. The number of ether oxygens (including phenoxy) is 1. The molecule has 1 aliphatic heterocycles. The number of para-hydroxylation sites is 1. The topological polar surface area (TPSA) is 62.7 Å². The summed E-state index contributed by atoms with van der Waals surface area (Å²) >= 11 is 0. The zero-order chi connectivity index (χ0) is 21.8. The van der Waals surface area contributed by atoms with Gasteiger partial charge in [-0.3, -0.25) is 14.7 Å². The summed E-state index contributed by atoms with van der Waals surface area (Å²) < 4.78 is 5.47. The molecule has 1 fully saturated rings. The van der Waals surface area contributed by atoms with Crippen LogP contribution in [0.15, 0.2) is 54.6 Å².